The molecule has 0 aliphatic carbocycles. The second-order valence-electron chi connectivity index (χ2n) is 5.07. The molecule has 108 valence electrons. The van der Waals surface area contributed by atoms with Crippen LogP contribution in [0.15, 0.2) is 12.4 Å². The predicted octanol–water partition coefficient (Wildman–Crippen LogP) is 1.52. The van der Waals surface area contributed by atoms with Crippen molar-refractivity contribution >= 4 is 9.84 Å². The van der Waals surface area contributed by atoms with Crippen LogP contribution >= 0.6 is 0 Å². The third-order valence-corrected chi connectivity index (χ3v) is 6.05. The molecule has 1 fully saturated rings. The number of aryl methyl sites for hydroxylation is 1. The number of aromatic nitrogens is 2. The highest BCUT2D eigenvalue weighted by Gasteiger charge is 2.36. The number of hydrogen-bond donors (Lipinski definition) is 1. The Hall–Kier alpha value is -0.880. The SMILES string of the molecule is CCNC(c1cnn(CC)c1)C1CCCCS1(=O)=O. The number of nitrogens with one attached hydrogen (secondary N) is 1. The van der Waals surface area contributed by atoms with E-state index in [2.05, 4.69) is 10.4 Å². The van der Waals surface area contributed by atoms with Crippen molar-refractivity contribution in [1.29, 1.82) is 0 Å². The molecule has 1 aromatic rings. The summed E-state index contributed by atoms with van der Waals surface area (Å²) in [6.45, 7) is 5.59. The minimum atomic E-state index is -2.99. The van der Waals surface area contributed by atoms with Gasteiger partial charge in [-0.1, -0.05) is 13.3 Å². The summed E-state index contributed by atoms with van der Waals surface area (Å²) in [4.78, 5) is 0. The van der Waals surface area contributed by atoms with Crippen LogP contribution in [0.2, 0.25) is 0 Å². The van der Waals surface area contributed by atoms with Gasteiger partial charge in [-0.25, -0.2) is 8.42 Å². The Balaban J connectivity index is 2.28. The predicted molar refractivity (Wildman–Crippen MR) is 75.7 cm³/mol. The van der Waals surface area contributed by atoms with Crippen LogP contribution in [0, 0.1) is 0 Å². The fraction of sp³-hybridized carbons (Fsp3) is 0.769. The van der Waals surface area contributed by atoms with E-state index in [0.717, 1.165) is 37.9 Å². The Morgan fingerprint density at radius 1 is 1.47 bits per heavy atom. The Morgan fingerprint density at radius 2 is 2.26 bits per heavy atom. The molecule has 1 N–H and O–H groups in total. The van der Waals surface area contributed by atoms with Crippen molar-refractivity contribution in [2.24, 2.45) is 0 Å². The van der Waals surface area contributed by atoms with Crippen LogP contribution < -0.4 is 5.32 Å². The van der Waals surface area contributed by atoms with Gasteiger partial charge in [-0.3, -0.25) is 4.68 Å². The van der Waals surface area contributed by atoms with Gasteiger partial charge in [0.2, 0.25) is 0 Å². The first-order chi connectivity index (χ1) is 9.08. The number of sulfone groups is 1. The van der Waals surface area contributed by atoms with Crippen LogP contribution in [0.5, 0.6) is 0 Å². The summed E-state index contributed by atoms with van der Waals surface area (Å²) in [5.41, 5.74) is 0.985. The fourth-order valence-electron chi connectivity index (χ4n) is 2.75. The molecule has 2 unspecified atom stereocenters. The van der Waals surface area contributed by atoms with Crippen molar-refractivity contribution in [3.63, 3.8) is 0 Å². The van der Waals surface area contributed by atoms with Crippen molar-refractivity contribution in [1.82, 2.24) is 15.1 Å². The number of rotatable bonds is 5. The molecule has 5 nitrogen and oxygen atoms in total. The first-order valence-electron chi connectivity index (χ1n) is 7.05. The molecule has 6 heteroatoms. The van der Waals surface area contributed by atoms with Crippen LogP contribution in [0.25, 0.3) is 0 Å². The molecular weight excluding hydrogens is 262 g/mol. The zero-order chi connectivity index (χ0) is 13.9. The summed E-state index contributed by atoms with van der Waals surface area (Å²) in [7, 11) is -2.99. The molecule has 0 spiro atoms. The lowest BCUT2D eigenvalue weighted by Crippen LogP contribution is -2.40. The highest BCUT2D eigenvalue weighted by molar-refractivity contribution is 7.92. The minimum absolute atomic E-state index is 0.129. The lowest BCUT2D eigenvalue weighted by Gasteiger charge is -2.30. The van der Waals surface area contributed by atoms with Crippen LogP contribution in [-0.2, 0) is 16.4 Å². The first-order valence-corrected chi connectivity index (χ1v) is 8.77. The molecule has 0 saturated carbocycles. The van der Waals surface area contributed by atoms with Gasteiger partial charge >= 0.3 is 0 Å². The summed E-state index contributed by atoms with van der Waals surface area (Å²) in [6, 6.07) is -0.129. The van der Waals surface area contributed by atoms with Crippen LogP contribution in [-0.4, -0.2) is 35.7 Å². The highest BCUT2D eigenvalue weighted by Crippen LogP contribution is 2.30. The molecule has 2 rings (SSSR count). The molecule has 0 bridgehead atoms. The maximum Gasteiger partial charge on any atom is 0.155 e. The van der Waals surface area contributed by atoms with E-state index < -0.39 is 9.84 Å². The normalized spacial score (nSPS) is 24.2. The summed E-state index contributed by atoms with van der Waals surface area (Å²) in [5.74, 6) is 0.321. The average Bonchev–Trinajstić information content (AvgIpc) is 2.85. The van der Waals surface area contributed by atoms with Crippen molar-refractivity contribution < 1.29 is 8.42 Å². The molecule has 1 saturated heterocycles. The van der Waals surface area contributed by atoms with E-state index in [-0.39, 0.29) is 11.3 Å². The van der Waals surface area contributed by atoms with Crippen molar-refractivity contribution in [3.8, 4) is 0 Å². The second-order valence-corrected chi connectivity index (χ2v) is 7.41. The Bertz CT molecular complexity index is 510. The lowest BCUT2D eigenvalue weighted by molar-refractivity contribution is 0.453. The third kappa shape index (κ3) is 3.17. The van der Waals surface area contributed by atoms with Crippen LogP contribution in [0.3, 0.4) is 0 Å². The Kier molecular flexibility index (Phi) is 4.62. The minimum Gasteiger partial charge on any atom is -0.309 e. The van der Waals surface area contributed by atoms with E-state index in [1.54, 1.807) is 6.20 Å². The van der Waals surface area contributed by atoms with Gasteiger partial charge in [-0.15, -0.1) is 0 Å². The maximum atomic E-state index is 12.3. The summed E-state index contributed by atoms with van der Waals surface area (Å²) >= 11 is 0. The summed E-state index contributed by atoms with van der Waals surface area (Å²) in [5, 5.41) is 7.28. The van der Waals surface area contributed by atoms with Crippen LogP contribution in [0.4, 0.5) is 0 Å². The number of hydrogen-bond acceptors (Lipinski definition) is 4. The van der Waals surface area contributed by atoms with Gasteiger partial charge in [0.15, 0.2) is 9.84 Å². The zero-order valence-corrected chi connectivity index (χ0v) is 12.5. The van der Waals surface area contributed by atoms with Gasteiger partial charge in [-0.05, 0) is 26.3 Å². The maximum absolute atomic E-state index is 12.3. The van der Waals surface area contributed by atoms with Crippen molar-refractivity contribution in [3.05, 3.63) is 18.0 Å². The van der Waals surface area contributed by atoms with E-state index in [9.17, 15) is 8.42 Å². The van der Waals surface area contributed by atoms with Gasteiger partial charge in [0.1, 0.15) is 0 Å². The van der Waals surface area contributed by atoms with Gasteiger partial charge in [0.05, 0.1) is 23.2 Å². The van der Waals surface area contributed by atoms with E-state index >= 15 is 0 Å². The monoisotopic (exact) mass is 285 g/mol. The Morgan fingerprint density at radius 3 is 2.84 bits per heavy atom. The summed E-state index contributed by atoms with van der Waals surface area (Å²) < 4.78 is 26.4. The van der Waals surface area contributed by atoms with Crippen LogP contribution in [0.1, 0.15) is 44.7 Å². The topological polar surface area (TPSA) is 64.0 Å². The average molecular weight is 285 g/mol. The van der Waals surface area contributed by atoms with Gasteiger partial charge < -0.3 is 5.32 Å². The zero-order valence-electron chi connectivity index (χ0n) is 11.7. The molecule has 0 aromatic carbocycles. The molecule has 19 heavy (non-hydrogen) atoms. The van der Waals surface area contributed by atoms with E-state index in [1.165, 1.54) is 0 Å². The quantitative estimate of drug-likeness (QED) is 0.891. The second kappa shape index (κ2) is 6.05. The molecule has 1 aliphatic rings. The largest absolute Gasteiger partial charge is 0.309 e. The molecular formula is C13H23N3O2S. The molecule has 1 aliphatic heterocycles. The van der Waals surface area contributed by atoms with E-state index in [4.69, 9.17) is 0 Å². The van der Waals surface area contributed by atoms with Gasteiger partial charge in [0, 0.05) is 18.3 Å². The Labute approximate surface area is 115 Å². The van der Waals surface area contributed by atoms with E-state index in [1.807, 2.05) is 24.7 Å². The third-order valence-electron chi connectivity index (χ3n) is 3.76. The first kappa shape index (κ1) is 14.5. The molecule has 2 atom stereocenters. The number of nitrogens with zero attached hydrogens (tertiary/aromatic N) is 2. The van der Waals surface area contributed by atoms with Crippen molar-refractivity contribution in [2.75, 3.05) is 12.3 Å². The molecule has 0 radical (unpaired) electrons. The van der Waals surface area contributed by atoms with Crippen molar-refractivity contribution in [2.45, 2.75) is 50.9 Å². The van der Waals surface area contributed by atoms with Gasteiger partial charge in [-0.2, -0.15) is 5.10 Å². The highest BCUT2D eigenvalue weighted by atomic mass is 32.2. The van der Waals surface area contributed by atoms with E-state index in [0.29, 0.717) is 5.75 Å². The molecule has 1 aromatic heterocycles. The standard InChI is InChI=1S/C13H23N3O2S/c1-3-14-13(11-9-15-16(4-2)10-11)12-7-5-6-8-19(12,17)18/h9-10,12-14H,3-8H2,1-2H3. The van der Waals surface area contributed by atoms with Gasteiger partial charge in [0.25, 0.3) is 0 Å². The summed E-state index contributed by atoms with van der Waals surface area (Å²) in [6.07, 6.45) is 6.29. The fourth-order valence-corrected chi connectivity index (χ4v) is 4.85. The smallest absolute Gasteiger partial charge is 0.155 e. The molecule has 2 heterocycles. The molecule has 0 amide bonds. The lowest BCUT2D eigenvalue weighted by atomic mass is 10.0.